The molecule has 0 spiro atoms. The lowest BCUT2D eigenvalue weighted by atomic mass is 9.60. The molecule has 0 aliphatic heterocycles. The largest absolute Gasteiger partial charge is 0.508 e. The van der Waals surface area contributed by atoms with Gasteiger partial charge in [-0.25, -0.2) is 0 Å². The molecule has 1 aliphatic rings. The third kappa shape index (κ3) is 1.49. The Morgan fingerprint density at radius 2 is 1.17 bits per heavy atom. The molecule has 2 heteroatoms. The van der Waals surface area contributed by atoms with Crippen molar-refractivity contribution < 1.29 is 10.2 Å². The molecule has 1 fully saturated rings. The van der Waals surface area contributed by atoms with Crippen LogP contribution in [0.4, 0.5) is 0 Å². The highest BCUT2D eigenvalue weighted by atomic mass is 16.3. The van der Waals surface area contributed by atoms with E-state index in [0.29, 0.717) is 11.5 Å². The summed E-state index contributed by atoms with van der Waals surface area (Å²) in [7, 11) is 0. The molecule has 18 heavy (non-hydrogen) atoms. The van der Waals surface area contributed by atoms with Crippen LogP contribution in [0.5, 0.6) is 11.5 Å². The standard InChI is InChI=1S/C16H16O2/c17-14-8-3-1-6-12(14)16(10-5-11-16)13-7-2-4-9-15(13)18/h1-4,6-9,17-18H,5,10-11H2. The normalized spacial score (nSPS) is 17.1. The molecule has 92 valence electrons. The second kappa shape index (κ2) is 4.05. The zero-order valence-electron chi connectivity index (χ0n) is 10.1. The second-order valence-electron chi connectivity index (χ2n) is 4.97. The maximum Gasteiger partial charge on any atom is 0.119 e. The maximum absolute atomic E-state index is 10.1. The molecule has 0 atom stereocenters. The van der Waals surface area contributed by atoms with Crippen molar-refractivity contribution >= 4 is 0 Å². The van der Waals surface area contributed by atoms with Crippen LogP contribution in [0.3, 0.4) is 0 Å². The lowest BCUT2D eigenvalue weighted by Crippen LogP contribution is -2.35. The quantitative estimate of drug-likeness (QED) is 0.842. The summed E-state index contributed by atoms with van der Waals surface area (Å²) in [6.45, 7) is 0. The average molecular weight is 240 g/mol. The highest BCUT2D eigenvalue weighted by Gasteiger charge is 2.43. The third-order valence-corrected chi connectivity index (χ3v) is 4.05. The summed E-state index contributed by atoms with van der Waals surface area (Å²) < 4.78 is 0. The first-order chi connectivity index (χ1) is 8.74. The van der Waals surface area contributed by atoms with Crippen LogP contribution in [0.1, 0.15) is 30.4 Å². The maximum atomic E-state index is 10.1. The summed E-state index contributed by atoms with van der Waals surface area (Å²) in [4.78, 5) is 0. The molecular formula is C16H16O2. The van der Waals surface area contributed by atoms with Gasteiger partial charge in [-0.1, -0.05) is 42.8 Å². The minimum atomic E-state index is -0.212. The highest BCUT2D eigenvalue weighted by Crippen LogP contribution is 2.53. The zero-order valence-corrected chi connectivity index (χ0v) is 10.1. The molecule has 2 nitrogen and oxygen atoms in total. The van der Waals surface area contributed by atoms with Gasteiger partial charge >= 0.3 is 0 Å². The van der Waals surface area contributed by atoms with Gasteiger partial charge in [-0.05, 0) is 25.0 Å². The zero-order chi connectivity index (χ0) is 12.6. The number of phenols is 2. The Kier molecular flexibility index (Phi) is 2.51. The molecule has 2 aromatic rings. The summed E-state index contributed by atoms with van der Waals surface area (Å²) in [5, 5.41) is 20.2. The van der Waals surface area contributed by atoms with E-state index in [-0.39, 0.29) is 5.41 Å². The van der Waals surface area contributed by atoms with Crippen molar-refractivity contribution in [1.29, 1.82) is 0 Å². The van der Waals surface area contributed by atoms with Gasteiger partial charge in [-0.2, -0.15) is 0 Å². The van der Waals surface area contributed by atoms with Crippen LogP contribution in [-0.4, -0.2) is 10.2 Å². The molecule has 0 heterocycles. The van der Waals surface area contributed by atoms with E-state index in [4.69, 9.17) is 0 Å². The van der Waals surface area contributed by atoms with E-state index in [0.717, 1.165) is 30.4 Å². The molecule has 0 saturated heterocycles. The Morgan fingerprint density at radius 1 is 0.722 bits per heavy atom. The first kappa shape index (κ1) is 11.1. The van der Waals surface area contributed by atoms with Crippen LogP contribution in [0.25, 0.3) is 0 Å². The van der Waals surface area contributed by atoms with Crippen LogP contribution < -0.4 is 0 Å². The van der Waals surface area contributed by atoms with Crippen LogP contribution in [0, 0.1) is 0 Å². The smallest absolute Gasteiger partial charge is 0.119 e. The van der Waals surface area contributed by atoms with E-state index in [9.17, 15) is 10.2 Å². The van der Waals surface area contributed by atoms with Crippen molar-refractivity contribution in [3.05, 3.63) is 59.7 Å². The first-order valence-electron chi connectivity index (χ1n) is 6.31. The minimum Gasteiger partial charge on any atom is -0.508 e. The van der Waals surface area contributed by atoms with E-state index in [1.807, 2.05) is 36.4 Å². The molecule has 1 saturated carbocycles. The summed E-state index contributed by atoms with van der Waals surface area (Å²) in [6, 6.07) is 14.9. The van der Waals surface area contributed by atoms with Crippen molar-refractivity contribution in [1.82, 2.24) is 0 Å². The summed E-state index contributed by atoms with van der Waals surface area (Å²) >= 11 is 0. The van der Waals surface area contributed by atoms with Gasteiger partial charge in [0.2, 0.25) is 0 Å². The molecule has 3 rings (SSSR count). The van der Waals surface area contributed by atoms with Gasteiger partial charge in [-0.15, -0.1) is 0 Å². The van der Waals surface area contributed by atoms with Crippen LogP contribution in [0.15, 0.2) is 48.5 Å². The Morgan fingerprint density at radius 3 is 1.50 bits per heavy atom. The van der Waals surface area contributed by atoms with E-state index in [1.165, 1.54) is 0 Å². The summed E-state index contributed by atoms with van der Waals surface area (Å²) in [5.74, 6) is 0.640. The molecule has 0 bridgehead atoms. The molecule has 0 unspecified atom stereocenters. The number of phenolic OH excluding ortho intramolecular Hbond substituents is 2. The SMILES string of the molecule is Oc1ccccc1C1(c2ccccc2O)CCC1. The minimum absolute atomic E-state index is 0.212. The molecule has 0 aromatic heterocycles. The monoisotopic (exact) mass is 240 g/mol. The molecule has 2 N–H and O–H groups in total. The number of hydrogen-bond acceptors (Lipinski definition) is 2. The average Bonchev–Trinajstić information content (AvgIpc) is 2.32. The predicted molar refractivity (Wildman–Crippen MR) is 70.8 cm³/mol. The fraction of sp³-hybridized carbons (Fsp3) is 0.250. The van der Waals surface area contributed by atoms with Crippen molar-refractivity contribution in [2.75, 3.05) is 0 Å². The fourth-order valence-electron chi connectivity index (χ4n) is 2.97. The molecular weight excluding hydrogens is 224 g/mol. The number of benzene rings is 2. The number of aromatic hydroxyl groups is 2. The van der Waals surface area contributed by atoms with Gasteiger partial charge in [0.05, 0.1) is 0 Å². The van der Waals surface area contributed by atoms with Crippen molar-refractivity contribution in [2.24, 2.45) is 0 Å². The first-order valence-corrected chi connectivity index (χ1v) is 6.31. The van der Waals surface area contributed by atoms with E-state index in [2.05, 4.69) is 0 Å². The lowest BCUT2D eigenvalue weighted by molar-refractivity contribution is 0.281. The number of rotatable bonds is 2. The van der Waals surface area contributed by atoms with Gasteiger partial charge in [0.15, 0.2) is 0 Å². The van der Waals surface area contributed by atoms with Crippen molar-refractivity contribution in [3.63, 3.8) is 0 Å². The third-order valence-electron chi connectivity index (χ3n) is 4.05. The fourth-order valence-corrected chi connectivity index (χ4v) is 2.97. The Bertz CT molecular complexity index is 523. The Balaban J connectivity index is 2.17. The van der Waals surface area contributed by atoms with Gasteiger partial charge in [0, 0.05) is 16.5 Å². The topological polar surface area (TPSA) is 40.5 Å². The Hall–Kier alpha value is -1.96. The predicted octanol–water partition coefficient (Wildman–Crippen LogP) is 3.57. The lowest BCUT2D eigenvalue weighted by Gasteiger charge is -2.43. The van der Waals surface area contributed by atoms with Crippen LogP contribution in [-0.2, 0) is 5.41 Å². The molecule has 1 aliphatic carbocycles. The summed E-state index contributed by atoms with van der Waals surface area (Å²) in [5.41, 5.74) is 1.65. The van der Waals surface area contributed by atoms with Crippen LogP contribution >= 0.6 is 0 Å². The molecule has 0 amide bonds. The van der Waals surface area contributed by atoms with Crippen molar-refractivity contribution in [2.45, 2.75) is 24.7 Å². The van der Waals surface area contributed by atoms with Crippen molar-refractivity contribution in [3.8, 4) is 11.5 Å². The van der Waals surface area contributed by atoms with Gasteiger partial charge < -0.3 is 10.2 Å². The summed E-state index contributed by atoms with van der Waals surface area (Å²) in [6.07, 6.45) is 3.08. The van der Waals surface area contributed by atoms with E-state index >= 15 is 0 Å². The molecule has 2 aromatic carbocycles. The van der Waals surface area contributed by atoms with Gasteiger partial charge in [-0.3, -0.25) is 0 Å². The van der Waals surface area contributed by atoms with E-state index in [1.54, 1.807) is 12.1 Å². The Labute approximate surface area is 107 Å². The van der Waals surface area contributed by atoms with Gasteiger partial charge in [0.25, 0.3) is 0 Å². The van der Waals surface area contributed by atoms with E-state index < -0.39 is 0 Å². The molecule has 0 radical (unpaired) electrons. The number of para-hydroxylation sites is 2. The van der Waals surface area contributed by atoms with Gasteiger partial charge in [0.1, 0.15) is 11.5 Å². The highest BCUT2D eigenvalue weighted by molar-refractivity contribution is 5.52. The second-order valence-corrected chi connectivity index (χ2v) is 4.97. The van der Waals surface area contributed by atoms with Crippen LogP contribution in [0.2, 0.25) is 0 Å². The number of hydrogen-bond donors (Lipinski definition) is 2.